The van der Waals surface area contributed by atoms with Crippen molar-refractivity contribution in [1.82, 2.24) is 15.0 Å². The number of phenols is 1. The summed E-state index contributed by atoms with van der Waals surface area (Å²) < 4.78 is 10.6. The van der Waals surface area contributed by atoms with E-state index in [1.165, 1.54) is 10.9 Å². The third kappa shape index (κ3) is 3.29. The molecule has 0 amide bonds. The second-order valence-corrected chi connectivity index (χ2v) is 6.24. The highest BCUT2D eigenvalue weighted by Gasteiger charge is 2.19. The number of aromatic hydroxyl groups is 1. The van der Waals surface area contributed by atoms with E-state index in [2.05, 4.69) is 10.2 Å². The zero-order chi connectivity index (χ0) is 19.0. The van der Waals surface area contributed by atoms with Gasteiger partial charge in [-0.1, -0.05) is 12.1 Å². The van der Waals surface area contributed by atoms with E-state index in [0.717, 1.165) is 5.56 Å². The van der Waals surface area contributed by atoms with Crippen molar-refractivity contribution in [1.29, 1.82) is 0 Å². The maximum atomic E-state index is 10.8. The van der Waals surface area contributed by atoms with Gasteiger partial charge in [-0.05, 0) is 37.5 Å². The Morgan fingerprint density at radius 2 is 1.93 bits per heavy atom. The van der Waals surface area contributed by atoms with Crippen LogP contribution in [-0.4, -0.2) is 38.0 Å². The van der Waals surface area contributed by atoms with E-state index >= 15 is 0 Å². The molecule has 0 bridgehead atoms. The summed E-state index contributed by atoms with van der Waals surface area (Å²) >= 11 is 0. The monoisotopic (exact) mass is 367 g/mol. The predicted octanol–water partition coefficient (Wildman–Crippen LogP) is 2.82. The van der Waals surface area contributed by atoms with Crippen molar-refractivity contribution in [2.24, 2.45) is 0 Å². The summed E-state index contributed by atoms with van der Waals surface area (Å²) in [4.78, 5) is 12.2. The summed E-state index contributed by atoms with van der Waals surface area (Å²) in [6, 6.07) is 8.81. The SMILES string of the molecule is C/C(=C\CCc1ccc2nn(-c3cc4c(cc3O)OCO4)nc2c1)C(=O)O. The molecule has 0 spiro atoms. The van der Waals surface area contributed by atoms with Crippen LogP contribution in [0.5, 0.6) is 17.2 Å². The van der Waals surface area contributed by atoms with Gasteiger partial charge in [-0.25, -0.2) is 4.79 Å². The molecule has 8 heteroatoms. The van der Waals surface area contributed by atoms with Gasteiger partial charge in [-0.2, -0.15) is 0 Å². The predicted molar refractivity (Wildman–Crippen MR) is 96.4 cm³/mol. The average molecular weight is 367 g/mol. The van der Waals surface area contributed by atoms with Crippen molar-refractivity contribution in [3.05, 3.63) is 47.5 Å². The molecule has 1 aliphatic rings. The molecule has 3 aromatic rings. The quantitative estimate of drug-likeness (QED) is 0.668. The van der Waals surface area contributed by atoms with Crippen molar-refractivity contribution >= 4 is 17.0 Å². The number of carboxylic acid groups (broad SMARTS) is 1. The van der Waals surface area contributed by atoms with Crippen molar-refractivity contribution in [2.75, 3.05) is 6.79 Å². The normalized spacial score (nSPS) is 13.3. The number of hydrogen-bond donors (Lipinski definition) is 2. The standard InChI is InChI=1S/C19H17N3O5/c1-11(19(24)25)3-2-4-12-5-6-13-14(7-12)21-22(20-13)15-8-17-18(9-16(15)23)27-10-26-17/h3,5-9,23H,2,4,10H2,1H3,(H,24,25)/b11-3+. The van der Waals surface area contributed by atoms with Crippen LogP contribution in [0.4, 0.5) is 0 Å². The number of benzene rings is 2. The van der Waals surface area contributed by atoms with Crippen LogP contribution in [-0.2, 0) is 11.2 Å². The minimum absolute atomic E-state index is 0.00550. The van der Waals surface area contributed by atoms with Crippen molar-refractivity contribution in [2.45, 2.75) is 19.8 Å². The number of hydrogen-bond acceptors (Lipinski definition) is 6. The van der Waals surface area contributed by atoms with Gasteiger partial charge in [0.25, 0.3) is 0 Å². The van der Waals surface area contributed by atoms with Crippen LogP contribution in [0.2, 0.25) is 0 Å². The molecule has 2 N–H and O–H groups in total. The Kier molecular flexibility index (Phi) is 4.15. The van der Waals surface area contributed by atoms with Crippen LogP contribution < -0.4 is 9.47 Å². The summed E-state index contributed by atoms with van der Waals surface area (Å²) in [7, 11) is 0. The molecule has 2 heterocycles. The second-order valence-electron chi connectivity index (χ2n) is 6.24. The lowest BCUT2D eigenvalue weighted by molar-refractivity contribution is -0.132. The van der Waals surface area contributed by atoms with Gasteiger partial charge in [-0.15, -0.1) is 15.0 Å². The van der Waals surface area contributed by atoms with Gasteiger partial charge in [0, 0.05) is 17.7 Å². The Labute approximate surface area is 154 Å². The van der Waals surface area contributed by atoms with E-state index in [4.69, 9.17) is 14.6 Å². The maximum absolute atomic E-state index is 10.8. The molecule has 4 rings (SSSR count). The Bertz CT molecular complexity index is 1070. The number of nitrogens with zero attached hydrogens (tertiary/aromatic N) is 3. The Balaban J connectivity index is 1.60. The number of aliphatic carboxylic acids is 1. The number of rotatable bonds is 5. The zero-order valence-electron chi connectivity index (χ0n) is 14.5. The molecule has 0 saturated carbocycles. The number of fused-ring (bicyclic) bond motifs is 2. The highest BCUT2D eigenvalue weighted by Crippen LogP contribution is 2.38. The first-order valence-corrected chi connectivity index (χ1v) is 8.40. The number of aryl methyl sites for hydroxylation is 1. The van der Waals surface area contributed by atoms with Gasteiger partial charge in [0.1, 0.15) is 22.5 Å². The Morgan fingerprint density at radius 3 is 2.70 bits per heavy atom. The van der Waals surface area contributed by atoms with E-state index in [-0.39, 0.29) is 12.5 Å². The van der Waals surface area contributed by atoms with E-state index in [1.54, 1.807) is 19.1 Å². The van der Waals surface area contributed by atoms with E-state index in [9.17, 15) is 9.90 Å². The summed E-state index contributed by atoms with van der Waals surface area (Å²) in [5, 5.41) is 28.0. The molecule has 1 aromatic heterocycles. The van der Waals surface area contributed by atoms with Crippen molar-refractivity contribution in [3.63, 3.8) is 0 Å². The van der Waals surface area contributed by atoms with Gasteiger partial charge in [-0.3, -0.25) is 0 Å². The highest BCUT2D eigenvalue weighted by atomic mass is 16.7. The van der Waals surface area contributed by atoms with E-state index < -0.39 is 5.97 Å². The number of allylic oxidation sites excluding steroid dienone is 1. The molecule has 1 aliphatic heterocycles. The lowest BCUT2D eigenvalue weighted by atomic mass is 10.1. The summed E-state index contributed by atoms with van der Waals surface area (Å²) in [6.07, 6.45) is 3.03. The highest BCUT2D eigenvalue weighted by molar-refractivity contribution is 5.85. The summed E-state index contributed by atoms with van der Waals surface area (Å²) in [5.74, 6) is 0.108. The van der Waals surface area contributed by atoms with Crippen LogP contribution in [0.15, 0.2) is 42.0 Å². The third-order valence-corrected chi connectivity index (χ3v) is 4.35. The molecule has 27 heavy (non-hydrogen) atoms. The number of carboxylic acids is 1. The van der Waals surface area contributed by atoms with Gasteiger partial charge in [0.2, 0.25) is 6.79 Å². The molecule has 8 nitrogen and oxygen atoms in total. The molecular weight excluding hydrogens is 350 g/mol. The Hall–Kier alpha value is -3.55. The van der Waals surface area contributed by atoms with Crippen LogP contribution in [0.25, 0.3) is 16.7 Å². The fourth-order valence-corrected chi connectivity index (χ4v) is 2.85. The molecule has 0 saturated heterocycles. The van der Waals surface area contributed by atoms with Gasteiger partial charge in [0.15, 0.2) is 11.5 Å². The van der Waals surface area contributed by atoms with Gasteiger partial charge in [0.05, 0.1) is 0 Å². The van der Waals surface area contributed by atoms with Crippen LogP contribution >= 0.6 is 0 Å². The number of aromatic nitrogens is 3. The maximum Gasteiger partial charge on any atom is 0.330 e. The summed E-state index contributed by atoms with van der Waals surface area (Å²) in [5.41, 5.74) is 3.13. The van der Waals surface area contributed by atoms with Crippen LogP contribution in [0.1, 0.15) is 18.9 Å². The Morgan fingerprint density at radius 1 is 1.19 bits per heavy atom. The molecule has 2 aromatic carbocycles. The smallest absolute Gasteiger partial charge is 0.330 e. The minimum Gasteiger partial charge on any atom is -0.505 e. The third-order valence-electron chi connectivity index (χ3n) is 4.35. The lowest BCUT2D eigenvalue weighted by Gasteiger charge is -2.04. The molecule has 0 atom stereocenters. The minimum atomic E-state index is -0.906. The number of carbonyl (C=O) groups is 1. The van der Waals surface area contributed by atoms with E-state index in [1.807, 2.05) is 18.2 Å². The number of ether oxygens (including phenoxy) is 2. The van der Waals surface area contributed by atoms with Crippen molar-refractivity contribution < 1.29 is 24.5 Å². The zero-order valence-corrected chi connectivity index (χ0v) is 14.5. The largest absolute Gasteiger partial charge is 0.505 e. The number of phenolic OH excluding ortho intramolecular Hbond substituents is 1. The molecule has 0 radical (unpaired) electrons. The van der Waals surface area contributed by atoms with Gasteiger partial charge < -0.3 is 19.7 Å². The molecule has 0 aliphatic carbocycles. The first-order chi connectivity index (χ1) is 13.0. The molecule has 0 unspecified atom stereocenters. The van der Waals surface area contributed by atoms with Gasteiger partial charge >= 0.3 is 5.97 Å². The summed E-state index contributed by atoms with van der Waals surface area (Å²) in [6.45, 7) is 1.70. The van der Waals surface area contributed by atoms with Crippen molar-refractivity contribution in [3.8, 4) is 22.9 Å². The second kappa shape index (κ2) is 6.64. The first kappa shape index (κ1) is 16.9. The van der Waals surface area contributed by atoms with E-state index in [0.29, 0.717) is 46.6 Å². The molecular formula is C19H17N3O5. The topological polar surface area (TPSA) is 107 Å². The first-order valence-electron chi connectivity index (χ1n) is 8.40. The fraction of sp³-hybridized carbons (Fsp3) is 0.211. The van der Waals surface area contributed by atoms with Crippen LogP contribution in [0, 0.1) is 0 Å². The molecule has 138 valence electrons. The fourth-order valence-electron chi connectivity index (χ4n) is 2.85. The van der Waals surface area contributed by atoms with Crippen LogP contribution in [0.3, 0.4) is 0 Å². The average Bonchev–Trinajstić information content (AvgIpc) is 3.26. The lowest BCUT2D eigenvalue weighted by Crippen LogP contribution is -1.99. The molecule has 0 fully saturated rings.